The maximum absolute atomic E-state index is 9.77. The molecule has 3 rings (SSSR count). The van der Waals surface area contributed by atoms with Crippen LogP contribution in [0.15, 0.2) is 0 Å². The number of nitrogen functional groups attached to an aromatic ring is 1. The van der Waals surface area contributed by atoms with Gasteiger partial charge in [-0.15, -0.1) is 0 Å². The summed E-state index contributed by atoms with van der Waals surface area (Å²) >= 11 is 0. The molecule has 2 aromatic heterocycles. The molecule has 114 valence electrons. The standard InChI is InChI=1S/C11H16N6O4/c1-20-17-10-7-9(15-11(12)16-10)14-8(13-7)5-2-4(19)6(3-18)21-5/h4-6,18-19H,2-3H2,1H3,(H4,12,13,14,15,16,17)/t4-,5?,6+/m0/s1. The predicted octanol–water partition coefficient (Wildman–Crippen LogP) is -0.908. The summed E-state index contributed by atoms with van der Waals surface area (Å²) in [6, 6.07) is 0. The Morgan fingerprint density at radius 2 is 2.29 bits per heavy atom. The Morgan fingerprint density at radius 3 is 2.95 bits per heavy atom. The second-order valence-electron chi connectivity index (χ2n) is 4.71. The fourth-order valence-corrected chi connectivity index (χ4v) is 2.32. The topological polar surface area (TPSA) is 151 Å². The molecule has 0 radical (unpaired) electrons. The lowest BCUT2D eigenvalue weighted by Crippen LogP contribution is -2.24. The van der Waals surface area contributed by atoms with Gasteiger partial charge in [-0.05, 0) is 0 Å². The van der Waals surface area contributed by atoms with Gasteiger partial charge in [-0.25, -0.2) is 10.5 Å². The molecule has 6 N–H and O–H groups in total. The van der Waals surface area contributed by atoms with Crippen LogP contribution in [0, 0.1) is 0 Å². The molecule has 0 aliphatic carbocycles. The first-order chi connectivity index (χ1) is 10.1. The number of nitrogens with zero attached hydrogens (tertiary/aromatic N) is 3. The van der Waals surface area contributed by atoms with Gasteiger partial charge >= 0.3 is 0 Å². The monoisotopic (exact) mass is 296 g/mol. The van der Waals surface area contributed by atoms with Crippen LogP contribution in [-0.2, 0) is 9.57 Å². The van der Waals surface area contributed by atoms with E-state index in [0.29, 0.717) is 29.2 Å². The summed E-state index contributed by atoms with van der Waals surface area (Å²) in [7, 11) is 1.45. The highest BCUT2D eigenvalue weighted by Gasteiger charge is 2.36. The number of aliphatic hydroxyl groups is 2. The third-order valence-electron chi connectivity index (χ3n) is 3.29. The molecule has 1 unspecified atom stereocenters. The number of aromatic amines is 1. The number of fused-ring (bicyclic) bond motifs is 1. The Morgan fingerprint density at radius 1 is 1.48 bits per heavy atom. The Bertz CT molecular complexity index is 647. The van der Waals surface area contributed by atoms with Gasteiger partial charge < -0.3 is 25.7 Å². The number of nitrogens with one attached hydrogen (secondary N) is 2. The molecule has 10 heteroatoms. The zero-order valence-electron chi connectivity index (χ0n) is 11.3. The fraction of sp³-hybridized carbons (Fsp3) is 0.545. The second kappa shape index (κ2) is 5.41. The number of anilines is 2. The molecule has 21 heavy (non-hydrogen) atoms. The Balaban J connectivity index is 1.96. The lowest BCUT2D eigenvalue weighted by molar-refractivity contribution is -0.0244. The minimum absolute atomic E-state index is 0.0562. The van der Waals surface area contributed by atoms with E-state index in [4.69, 9.17) is 20.4 Å². The van der Waals surface area contributed by atoms with Crippen LogP contribution in [0.5, 0.6) is 0 Å². The van der Waals surface area contributed by atoms with Gasteiger partial charge in [0.25, 0.3) is 0 Å². The van der Waals surface area contributed by atoms with Crippen molar-refractivity contribution in [2.45, 2.75) is 24.7 Å². The summed E-state index contributed by atoms with van der Waals surface area (Å²) in [4.78, 5) is 20.2. The van der Waals surface area contributed by atoms with Crippen molar-refractivity contribution in [1.82, 2.24) is 19.9 Å². The minimum Gasteiger partial charge on any atom is -0.394 e. The Kier molecular flexibility index (Phi) is 3.59. The number of H-pyrrole nitrogens is 1. The summed E-state index contributed by atoms with van der Waals surface area (Å²) < 4.78 is 5.54. The third kappa shape index (κ3) is 2.49. The van der Waals surface area contributed by atoms with Crippen LogP contribution in [0.4, 0.5) is 11.8 Å². The van der Waals surface area contributed by atoms with E-state index in [9.17, 15) is 5.11 Å². The van der Waals surface area contributed by atoms with Gasteiger partial charge in [0.05, 0.1) is 19.8 Å². The van der Waals surface area contributed by atoms with E-state index in [1.165, 1.54) is 7.11 Å². The molecular formula is C11H16N6O4. The van der Waals surface area contributed by atoms with Gasteiger partial charge in [0.1, 0.15) is 23.5 Å². The first kappa shape index (κ1) is 13.9. The maximum atomic E-state index is 9.77. The highest BCUT2D eigenvalue weighted by atomic mass is 16.6. The Labute approximate surface area is 119 Å². The minimum atomic E-state index is -0.735. The molecule has 1 aliphatic heterocycles. The predicted molar refractivity (Wildman–Crippen MR) is 72.1 cm³/mol. The third-order valence-corrected chi connectivity index (χ3v) is 3.29. The van der Waals surface area contributed by atoms with E-state index in [1.54, 1.807) is 0 Å². The van der Waals surface area contributed by atoms with Gasteiger partial charge in [0.15, 0.2) is 11.5 Å². The van der Waals surface area contributed by atoms with Crippen LogP contribution in [-0.4, -0.2) is 56.1 Å². The van der Waals surface area contributed by atoms with E-state index in [1.807, 2.05) is 0 Å². The summed E-state index contributed by atoms with van der Waals surface area (Å²) in [6.07, 6.45) is -1.47. The number of aromatic nitrogens is 4. The van der Waals surface area contributed by atoms with Gasteiger partial charge in [0.2, 0.25) is 5.95 Å². The molecule has 0 spiro atoms. The van der Waals surface area contributed by atoms with Gasteiger partial charge in [-0.2, -0.15) is 9.97 Å². The van der Waals surface area contributed by atoms with Crippen LogP contribution in [0.3, 0.4) is 0 Å². The maximum Gasteiger partial charge on any atom is 0.224 e. The first-order valence-corrected chi connectivity index (χ1v) is 6.39. The number of hydrogen-bond acceptors (Lipinski definition) is 9. The summed E-state index contributed by atoms with van der Waals surface area (Å²) in [5, 5.41) is 18.9. The SMILES string of the molecule is CONc1nc(N)nc2nc(C3C[C@H](O)[C@@H](CO)O3)[nH]c12. The zero-order valence-corrected chi connectivity index (χ0v) is 11.3. The van der Waals surface area contributed by atoms with Crippen molar-refractivity contribution in [3.63, 3.8) is 0 Å². The molecule has 0 amide bonds. The lowest BCUT2D eigenvalue weighted by atomic mass is 10.1. The second-order valence-corrected chi connectivity index (χ2v) is 4.71. The molecule has 1 aliphatic rings. The quantitative estimate of drug-likeness (QED) is 0.451. The van der Waals surface area contributed by atoms with Crippen molar-refractivity contribution in [3.8, 4) is 0 Å². The number of ether oxygens (including phenoxy) is 1. The largest absolute Gasteiger partial charge is 0.394 e. The molecule has 3 heterocycles. The molecule has 1 fully saturated rings. The van der Waals surface area contributed by atoms with E-state index >= 15 is 0 Å². The lowest BCUT2D eigenvalue weighted by Gasteiger charge is -2.09. The van der Waals surface area contributed by atoms with Crippen LogP contribution in [0.25, 0.3) is 11.2 Å². The van der Waals surface area contributed by atoms with Crippen LogP contribution in [0.1, 0.15) is 18.3 Å². The number of rotatable bonds is 4. The van der Waals surface area contributed by atoms with E-state index in [2.05, 4.69) is 25.4 Å². The highest BCUT2D eigenvalue weighted by molar-refractivity contribution is 5.83. The molecule has 0 saturated carbocycles. The molecule has 2 aromatic rings. The molecule has 1 saturated heterocycles. The van der Waals surface area contributed by atoms with Crippen LogP contribution >= 0.6 is 0 Å². The zero-order chi connectivity index (χ0) is 15.0. The van der Waals surface area contributed by atoms with Gasteiger partial charge in [-0.3, -0.25) is 4.84 Å². The fourth-order valence-electron chi connectivity index (χ4n) is 2.32. The van der Waals surface area contributed by atoms with Crippen molar-refractivity contribution >= 4 is 22.9 Å². The number of hydrogen-bond donors (Lipinski definition) is 5. The summed E-state index contributed by atoms with van der Waals surface area (Å²) in [5.74, 6) is 0.899. The summed E-state index contributed by atoms with van der Waals surface area (Å²) in [6.45, 7) is -0.249. The van der Waals surface area contributed by atoms with E-state index < -0.39 is 18.3 Å². The van der Waals surface area contributed by atoms with Gasteiger partial charge in [0, 0.05) is 6.42 Å². The van der Waals surface area contributed by atoms with Crippen molar-refractivity contribution in [2.75, 3.05) is 24.9 Å². The Hall–Kier alpha value is -2.01. The number of imidazole rings is 1. The van der Waals surface area contributed by atoms with Crippen molar-refractivity contribution in [1.29, 1.82) is 0 Å². The van der Waals surface area contributed by atoms with Crippen LogP contribution < -0.4 is 11.2 Å². The van der Waals surface area contributed by atoms with Crippen molar-refractivity contribution in [3.05, 3.63) is 5.82 Å². The smallest absolute Gasteiger partial charge is 0.224 e. The number of aliphatic hydroxyl groups excluding tert-OH is 2. The van der Waals surface area contributed by atoms with E-state index in [0.717, 1.165) is 0 Å². The van der Waals surface area contributed by atoms with E-state index in [-0.39, 0.29) is 12.6 Å². The molecular weight excluding hydrogens is 280 g/mol. The molecule has 3 atom stereocenters. The molecule has 0 bridgehead atoms. The molecule has 0 aromatic carbocycles. The van der Waals surface area contributed by atoms with Crippen molar-refractivity contribution < 1.29 is 19.8 Å². The molecule has 10 nitrogen and oxygen atoms in total. The highest BCUT2D eigenvalue weighted by Crippen LogP contribution is 2.33. The summed E-state index contributed by atoms with van der Waals surface area (Å²) in [5.41, 5.74) is 9.08. The first-order valence-electron chi connectivity index (χ1n) is 6.39. The average molecular weight is 296 g/mol. The number of nitrogens with two attached hydrogens (primary N) is 1. The average Bonchev–Trinajstić information content (AvgIpc) is 3.02. The normalized spacial score (nSPS) is 25.6. The van der Waals surface area contributed by atoms with Gasteiger partial charge in [-0.1, -0.05) is 0 Å². The van der Waals surface area contributed by atoms with Crippen molar-refractivity contribution in [2.24, 2.45) is 0 Å². The van der Waals surface area contributed by atoms with Crippen LogP contribution in [0.2, 0.25) is 0 Å².